The first-order valence-corrected chi connectivity index (χ1v) is 14.3. The Balaban J connectivity index is 1.57. The first kappa shape index (κ1) is 32.3. The molecule has 3 N–H and O–H groups in total. The van der Waals surface area contributed by atoms with Crippen molar-refractivity contribution in [2.75, 3.05) is 25.7 Å². The van der Waals surface area contributed by atoms with Crippen LogP contribution in [0, 0.1) is 28.8 Å². The molecule has 1 aliphatic heterocycles. The summed E-state index contributed by atoms with van der Waals surface area (Å²) >= 11 is 0. The van der Waals surface area contributed by atoms with Crippen LogP contribution in [0.4, 0.5) is 18.9 Å². The second kappa shape index (κ2) is 13.5. The summed E-state index contributed by atoms with van der Waals surface area (Å²) in [6, 6.07) is 6.10. The smallest absolute Gasteiger partial charge is 0.259 e. The highest BCUT2D eigenvalue weighted by molar-refractivity contribution is 5.98. The lowest BCUT2D eigenvalue weighted by Crippen LogP contribution is -2.63. The molecule has 0 spiro atoms. The van der Waals surface area contributed by atoms with E-state index in [1.807, 2.05) is 6.07 Å². The molecule has 15 heteroatoms. The largest absolute Gasteiger partial charge is 0.497 e. The molecule has 7 atom stereocenters. The van der Waals surface area contributed by atoms with Crippen LogP contribution < -0.4 is 9.64 Å². The Morgan fingerprint density at radius 2 is 1.84 bits per heavy atom. The van der Waals surface area contributed by atoms with E-state index >= 15 is 0 Å². The van der Waals surface area contributed by atoms with Crippen LogP contribution in [0.3, 0.4) is 0 Å². The van der Waals surface area contributed by atoms with Gasteiger partial charge in [-0.25, -0.2) is 17.9 Å². The molecule has 1 saturated heterocycles. The Hall–Kier alpha value is -4.07. The predicted molar refractivity (Wildman–Crippen MR) is 150 cm³/mol. The summed E-state index contributed by atoms with van der Waals surface area (Å²) in [5, 5.41) is 49.9. The number of aliphatic hydroxyl groups excluding tert-OH is 3. The van der Waals surface area contributed by atoms with Crippen molar-refractivity contribution in [2.24, 2.45) is 0 Å². The first-order chi connectivity index (χ1) is 21.6. The number of halogens is 3. The molecule has 1 saturated carbocycles. The Labute approximate surface area is 256 Å². The molecule has 1 amide bonds. The van der Waals surface area contributed by atoms with Gasteiger partial charge >= 0.3 is 0 Å². The van der Waals surface area contributed by atoms with Gasteiger partial charge in [-0.15, -0.1) is 5.10 Å². The summed E-state index contributed by atoms with van der Waals surface area (Å²) in [5.41, 5.74) is 0.248. The fourth-order valence-corrected chi connectivity index (χ4v) is 6.03. The molecule has 0 bridgehead atoms. The topological polar surface area (TPSA) is 163 Å². The number of benzene rings is 2. The Kier molecular flexibility index (Phi) is 9.70. The van der Waals surface area contributed by atoms with Crippen molar-refractivity contribution in [3.05, 3.63) is 59.5 Å². The average molecular weight is 632 g/mol. The average Bonchev–Trinajstić information content (AvgIpc) is 3.53. The number of carbonyl (C=O) groups excluding carboxylic acids is 1. The van der Waals surface area contributed by atoms with Crippen molar-refractivity contribution in [3.63, 3.8) is 0 Å². The Morgan fingerprint density at radius 1 is 1.13 bits per heavy atom. The third kappa shape index (κ3) is 6.24. The van der Waals surface area contributed by atoms with Crippen LogP contribution in [0.5, 0.6) is 5.75 Å². The molecule has 0 radical (unpaired) electrons. The molecule has 5 rings (SSSR count). The predicted octanol–water partition coefficient (Wildman–Crippen LogP) is 2.26. The standard InChI is InChI=1S/C30H32F3N5O7/c1-43-18-8-15(12-34)7-17(11-18)38(22-5-3-4-6-23(22)40)30(42)29-28(44-2)26(27(41)24(14-39)45-29)37-13-21(35-36-37)16-9-19(31)25(33)20(32)10-16/h7-11,13,22-24,26-29,39-41H,3-6,14H2,1-2H3/t22-,23-,24+,26-,27-,28+,29+/m0/s1. The van der Waals surface area contributed by atoms with Crippen molar-refractivity contribution >= 4 is 11.6 Å². The van der Waals surface area contributed by atoms with Gasteiger partial charge in [-0.1, -0.05) is 18.1 Å². The zero-order chi connectivity index (χ0) is 32.4. The monoisotopic (exact) mass is 631 g/mol. The Bertz CT molecular complexity index is 1560. The van der Waals surface area contributed by atoms with Crippen LogP contribution in [0.25, 0.3) is 11.3 Å². The van der Waals surface area contributed by atoms with E-state index in [2.05, 4.69) is 10.3 Å². The third-order valence-corrected chi connectivity index (χ3v) is 8.28. The molecule has 0 unspecified atom stereocenters. The number of aliphatic hydroxyl groups is 3. The zero-order valence-electron chi connectivity index (χ0n) is 24.4. The number of ether oxygens (including phenoxy) is 3. The molecule has 45 heavy (non-hydrogen) atoms. The van der Waals surface area contributed by atoms with Gasteiger partial charge in [0.05, 0.1) is 43.7 Å². The fraction of sp³-hybridized carbons (Fsp3) is 0.467. The number of nitriles is 1. The number of carbonyl (C=O) groups is 1. The number of hydrogen-bond acceptors (Lipinski definition) is 10. The highest BCUT2D eigenvalue weighted by atomic mass is 19.2. The van der Waals surface area contributed by atoms with Gasteiger partial charge in [0.25, 0.3) is 5.91 Å². The lowest BCUT2D eigenvalue weighted by atomic mass is 9.88. The van der Waals surface area contributed by atoms with Gasteiger partial charge in [-0.2, -0.15) is 5.26 Å². The van der Waals surface area contributed by atoms with Crippen LogP contribution in [0.2, 0.25) is 0 Å². The SMILES string of the molecule is COc1cc(C#N)cc(N(C(=O)[C@@H]2O[C@H](CO)[C@H](O)[C@H](n3cc(-c4cc(F)c(F)c(F)c4)nn3)[C@H]2OC)[C@H]2CCCC[C@@H]2O)c1. The van der Waals surface area contributed by atoms with Crippen LogP contribution in [0.15, 0.2) is 36.5 Å². The molecule has 2 heterocycles. The summed E-state index contributed by atoms with van der Waals surface area (Å²) in [6.45, 7) is -0.711. The quantitative estimate of drug-likeness (QED) is 0.314. The maximum Gasteiger partial charge on any atom is 0.259 e. The molecule has 240 valence electrons. The molecule has 2 fully saturated rings. The molecule has 3 aromatic rings. The van der Waals surface area contributed by atoms with Crippen molar-refractivity contribution in [1.82, 2.24) is 15.0 Å². The van der Waals surface area contributed by atoms with Crippen molar-refractivity contribution in [2.45, 2.75) is 68.3 Å². The lowest BCUT2D eigenvalue weighted by Gasteiger charge is -2.46. The summed E-state index contributed by atoms with van der Waals surface area (Å²) in [5.74, 6) is -4.92. The van der Waals surface area contributed by atoms with E-state index in [1.165, 1.54) is 37.4 Å². The minimum atomic E-state index is -1.65. The number of amides is 1. The minimum absolute atomic E-state index is 0.0721. The third-order valence-electron chi connectivity index (χ3n) is 8.28. The van der Waals surface area contributed by atoms with Crippen LogP contribution in [-0.4, -0.2) is 93.6 Å². The van der Waals surface area contributed by atoms with E-state index in [0.29, 0.717) is 25.0 Å². The van der Waals surface area contributed by atoms with E-state index < -0.39 is 72.6 Å². The van der Waals surface area contributed by atoms with Crippen LogP contribution in [0.1, 0.15) is 37.3 Å². The normalized spacial score (nSPS) is 26.7. The highest BCUT2D eigenvalue weighted by Crippen LogP contribution is 2.37. The molecule has 2 aliphatic rings. The van der Waals surface area contributed by atoms with Gasteiger partial charge in [-0.05, 0) is 37.1 Å². The van der Waals surface area contributed by atoms with E-state index in [0.717, 1.165) is 23.2 Å². The van der Waals surface area contributed by atoms with E-state index in [1.54, 1.807) is 6.07 Å². The number of hydrogen-bond donors (Lipinski definition) is 3. The summed E-state index contributed by atoms with van der Waals surface area (Å²) in [7, 11) is 2.68. The summed E-state index contributed by atoms with van der Waals surface area (Å²) in [4.78, 5) is 15.9. The van der Waals surface area contributed by atoms with Gasteiger partial charge in [-0.3, -0.25) is 4.79 Å². The van der Waals surface area contributed by atoms with E-state index in [9.17, 15) is 38.5 Å². The van der Waals surface area contributed by atoms with Crippen molar-refractivity contribution in [3.8, 4) is 23.1 Å². The first-order valence-electron chi connectivity index (χ1n) is 14.3. The molecule has 1 aromatic heterocycles. The fourth-order valence-electron chi connectivity index (χ4n) is 6.03. The van der Waals surface area contributed by atoms with Gasteiger partial charge in [0.15, 0.2) is 23.6 Å². The van der Waals surface area contributed by atoms with Crippen molar-refractivity contribution in [1.29, 1.82) is 5.26 Å². The molecule has 2 aromatic carbocycles. The van der Waals surface area contributed by atoms with Crippen molar-refractivity contribution < 1.29 is 47.5 Å². The molecular formula is C30H32F3N5O7. The van der Waals surface area contributed by atoms with Crippen LogP contribution in [-0.2, 0) is 14.3 Å². The summed E-state index contributed by atoms with van der Waals surface area (Å²) in [6.07, 6.45) is -2.93. The van der Waals surface area contributed by atoms with E-state index in [-0.39, 0.29) is 22.5 Å². The zero-order valence-corrected chi connectivity index (χ0v) is 24.4. The summed E-state index contributed by atoms with van der Waals surface area (Å²) < 4.78 is 59.5. The lowest BCUT2D eigenvalue weighted by molar-refractivity contribution is -0.211. The van der Waals surface area contributed by atoms with Gasteiger partial charge in [0, 0.05) is 24.4 Å². The molecular weight excluding hydrogens is 599 g/mol. The minimum Gasteiger partial charge on any atom is -0.497 e. The second-order valence-corrected chi connectivity index (χ2v) is 11.0. The Morgan fingerprint density at radius 3 is 2.47 bits per heavy atom. The highest BCUT2D eigenvalue weighted by Gasteiger charge is 2.52. The van der Waals surface area contributed by atoms with Crippen LogP contribution >= 0.6 is 0 Å². The number of anilines is 1. The molecule has 1 aliphatic carbocycles. The number of methoxy groups -OCH3 is 2. The van der Waals surface area contributed by atoms with E-state index in [4.69, 9.17) is 14.2 Å². The maximum absolute atomic E-state index is 14.5. The number of nitrogens with zero attached hydrogens (tertiary/aromatic N) is 5. The van der Waals surface area contributed by atoms with Gasteiger partial charge in [0.2, 0.25) is 0 Å². The second-order valence-electron chi connectivity index (χ2n) is 11.0. The number of rotatable bonds is 8. The van der Waals surface area contributed by atoms with Gasteiger partial charge in [0.1, 0.15) is 35.8 Å². The van der Waals surface area contributed by atoms with Gasteiger partial charge < -0.3 is 34.4 Å². The number of aromatic nitrogens is 3. The molecule has 12 nitrogen and oxygen atoms in total. The maximum atomic E-state index is 14.5.